The fourth-order valence-corrected chi connectivity index (χ4v) is 1.83. The molecule has 5 heteroatoms. The first-order valence-electron chi connectivity index (χ1n) is 5.62. The van der Waals surface area contributed by atoms with Crippen molar-refractivity contribution in [3.8, 4) is 0 Å². The summed E-state index contributed by atoms with van der Waals surface area (Å²) in [4.78, 5) is 15.6. The van der Waals surface area contributed by atoms with Crippen molar-refractivity contribution in [2.24, 2.45) is 5.73 Å². The Bertz CT molecular complexity index is 365. The van der Waals surface area contributed by atoms with E-state index >= 15 is 0 Å². The molecule has 0 unspecified atom stereocenters. The number of hydrogen-bond acceptors (Lipinski definition) is 3. The Morgan fingerprint density at radius 1 is 1.53 bits per heavy atom. The summed E-state index contributed by atoms with van der Waals surface area (Å²) in [5, 5.41) is 2.88. The minimum atomic E-state index is -0.148. The van der Waals surface area contributed by atoms with Crippen LogP contribution >= 0.6 is 12.4 Å². The van der Waals surface area contributed by atoms with Crippen LogP contribution in [0.5, 0.6) is 0 Å². The fourth-order valence-electron chi connectivity index (χ4n) is 1.83. The Morgan fingerprint density at radius 3 is 2.82 bits per heavy atom. The third kappa shape index (κ3) is 3.98. The zero-order chi connectivity index (χ0) is 11.4. The summed E-state index contributed by atoms with van der Waals surface area (Å²) in [5.41, 5.74) is 6.80. The van der Waals surface area contributed by atoms with Gasteiger partial charge < -0.3 is 11.1 Å². The third-order valence-electron chi connectivity index (χ3n) is 3.07. The highest BCUT2D eigenvalue weighted by Crippen LogP contribution is 2.27. The summed E-state index contributed by atoms with van der Waals surface area (Å²) in [5.74, 6) is 0.0183. The average molecular weight is 256 g/mol. The first-order chi connectivity index (χ1) is 7.68. The molecule has 4 nitrogen and oxygen atoms in total. The van der Waals surface area contributed by atoms with Gasteiger partial charge in [-0.2, -0.15) is 0 Å². The predicted octanol–water partition coefficient (Wildman–Crippen LogP) is 1.04. The second kappa shape index (κ2) is 5.98. The molecule has 0 aliphatic heterocycles. The third-order valence-corrected chi connectivity index (χ3v) is 3.07. The zero-order valence-corrected chi connectivity index (χ0v) is 10.5. The van der Waals surface area contributed by atoms with Crippen molar-refractivity contribution in [1.29, 1.82) is 0 Å². The second-order valence-corrected chi connectivity index (χ2v) is 4.53. The number of nitrogens with two attached hydrogens (primary N) is 1. The van der Waals surface area contributed by atoms with E-state index in [0.29, 0.717) is 13.0 Å². The molecule has 17 heavy (non-hydrogen) atoms. The molecule has 1 aromatic rings. The molecule has 0 saturated heterocycles. The van der Waals surface area contributed by atoms with Crippen molar-refractivity contribution in [3.05, 3.63) is 30.1 Å². The van der Waals surface area contributed by atoms with Crippen molar-refractivity contribution in [2.45, 2.75) is 31.2 Å². The molecule has 0 radical (unpaired) electrons. The van der Waals surface area contributed by atoms with Gasteiger partial charge in [0.2, 0.25) is 5.91 Å². The maximum absolute atomic E-state index is 11.6. The molecule has 1 aliphatic rings. The highest BCUT2D eigenvalue weighted by molar-refractivity contribution is 5.85. The number of pyridine rings is 1. The molecule has 1 amide bonds. The molecule has 2 rings (SSSR count). The van der Waals surface area contributed by atoms with Crippen molar-refractivity contribution >= 4 is 18.3 Å². The van der Waals surface area contributed by atoms with Gasteiger partial charge >= 0.3 is 0 Å². The van der Waals surface area contributed by atoms with Crippen LogP contribution in [0.3, 0.4) is 0 Å². The van der Waals surface area contributed by atoms with Crippen LogP contribution in [0.4, 0.5) is 0 Å². The molecular weight excluding hydrogens is 238 g/mol. The molecule has 0 bridgehead atoms. The number of rotatable bonds is 4. The second-order valence-electron chi connectivity index (χ2n) is 4.53. The maximum Gasteiger partial charge on any atom is 0.224 e. The first kappa shape index (κ1) is 13.9. The zero-order valence-electron chi connectivity index (χ0n) is 9.69. The Kier molecular flexibility index (Phi) is 4.90. The number of aromatic nitrogens is 1. The predicted molar refractivity (Wildman–Crippen MR) is 69.0 cm³/mol. The molecule has 1 aromatic heterocycles. The standard InChI is InChI=1S/C12H17N3O.ClH/c13-12(4-2-5-12)9-15-11(16)7-10-3-1-6-14-8-10;/h1,3,6,8H,2,4-5,7,9,13H2,(H,15,16);1H. The van der Waals surface area contributed by atoms with E-state index in [2.05, 4.69) is 10.3 Å². The van der Waals surface area contributed by atoms with E-state index in [4.69, 9.17) is 5.73 Å². The van der Waals surface area contributed by atoms with Gasteiger partial charge in [0.1, 0.15) is 0 Å². The largest absolute Gasteiger partial charge is 0.354 e. The molecule has 1 saturated carbocycles. The van der Waals surface area contributed by atoms with E-state index in [0.717, 1.165) is 18.4 Å². The number of amides is 1. The first-order valence-corrected chi connectivity index (χ1v) is 5.62. The van der Waals surface area contributed by atoms with E-state index in [1.807, 2.05) is 12.1 Å². The molecule has 1 aliphatic carbocycles. The van der Waals surface area contributed by atoms with E-state index in [1.165, 1.54) is 6.42 Å². The summed E-state index contributed by atoms with van der Waals surface area (Å²) in [6.07, 6.45) is 6.99. The van der Waals surface area contributed by atoms with Crippen molar-refractivity contribution in [2.75, 3.05) is 6.54 Å². The lowest BCUT2D eigenvalue weighted by atomic mass is 9.78. The number of carbonyl (C=O) groups is 1. The van der Waals surface area contributed by atoms with Gasteiger partial charge in [-0.25, -0.2) is 0 Å². The topological polar surface area (TPSA) is 68.0 Å². The van der Waals surface area contributed by atoms with Gasteiger partial charge in [-0.3, -0.25) is 9.78 Å². The van der Waals surface area contributed by atoms with Gasteiger partial charge in [0.25, 0.3) is 0 Å². The Hall–Kier alpha value is -1.13. The molecule has 0 spiro atoms. The van der Waals surface area contributed by atoms with Crippen LogP contribution < -0.4 is 11.1 Å². The number of carbonyl (C=O) groups excluding carboxylic acids is 1. The van der Waals surface area contributed by atoms with Gasteiger partial charge in [-0.1, -0.05) is 6.07 Å². The Morgan fingerprint density at radius 2 is 2.29 bits per heavy atom. The molecule has 94 valence electrons. The summed E-state index contributed by atoms with van der Waals surface area (Å²) in [6.45, 7) is 0.589. The molecular formula is C12H18ClN3O. The minimum Gasteiger partial charge on any atom is -0.354 e. The van der Waals surface area contributed by atoms with Gasteiger partial charge in [-0.15, -0.1) is 12.4 Å². The van der Waals surface area contributed by atoms with Crippen molar-refractivity contribution < 1.29 is 4.79 Å². The summed E-state index contributed by atoms with van der Waals surface area (Å²) in [7, 11) is 0. The minimum absolute atomic E-state index is 0. The van der Waals surface area contributed by atoms with Crippen LogP contribution in [-0.2, 0) is 11.2 Å². The van der Waals surface area contributed by atoms with Gasteiger partial charge in [0, 0.05) is 24.5 Å². The maximum atomic E-state index is 11.6. The fraction of sp³-hybridized carbons (Fsp3) is 0.500. The molecule has 1 heterocycles. The smallest absolute Gasteiger partial charge is 0.224 e. The van der Waals surface area contributed by atoms with E-state index in [9.17, 15) is 4.79 Å². The lowest BCUT2D eigenvalue weighted by Gasteiger charge is -2.38. The van der Waals surface area contributed by atoms with Crippen molar-refractivity contribution in [3.63, 3.8) is 0 Å². The van der Waals surface area contributed by atoms with Crippen LogP contribution in [0.1, 0.15) is 24.8 Å². The highest BCUT2D eigenvalue weighted by Gasteiger charge is 2.32. The number of nitrogens with one attached hydrogen (secondary N) is 1. The molecule has 1 fully saturated rings. The van der Waals surface area contributed by atoms with Crippen LogP contribution in [0.25, 0.3) is 0 Å². The van der Waals surface area contributed by atoms with Gasteiger partial charge in [0.05, 0.1) is 6.42 Å². The van der Waals surface area contributed by atoms with Gasteiger partial charge in [0.15, 0.2) is 0 Å². The normalized spacial score (nSPS) is 16.5. The number of nitrogens with zero attached hydrogens (tertiary/aromatic N) is 1. The number of hydrogen-bond donors (Lipinski definition) is 2. The van der Waals surface area contributed by atoms with E-state index in [1.54, 1.807) is 12.4 Å². The molecule has 0 atom stereocenters. The summed E-state index contributed by atoms with van der Waals surface area (Å²) < 4.78 is 0. The van der Waals surface area contributed by atoms with Crippen LogP contribution in [-0.4, -0.2) is 23.0 Å². The Labute approximate surface area is 107 Å². The highest BCUT2D eigenvalue weighted by atomic mass is 35.5. The van der Waals surface area contributed by atoms with Crippen molar-refractivity contribution in [1.82, 2.24) is 10.3 Å². The quantitative estimate of drug-likeness (QED) is 0.845. The lowest BCUT2D eigenvalue weighted by Crippen LogP contribution is -2.55. The monoisotopic (exact) mass is 255 g/mol. The number of halogens is 1. The Balaban J connectivity index is 0.00000144. The molecule has 0 aromatic carbocycles. The summed E-state index contributed by atoms with van der Waals surface area (Å²) in [6, 6.07) is 3.73. The van der Waals surface area contributed by atoms with E-state index < -0.39 is 0 Å². The molecule has 3 N–H and O–H groups in total. The van der Waals surface area contributed by atoms with Crippen LogP contribution in [0, 0.1) is 0 Å². The summed E-state index contributed by atoms with van der Waals surface area (Å²) >= 11 is 0. The van der Waals surface area contributed by atoms with Crippen LogP contribution in [0.2, 0.25) is 0 Å². The lowest BCUT2D eigenvalue weighted by molar-refractivity contribution is -0.120. The van der Waals surface area contributed by atoms with Crippen LogP contribution in [0.15, 0.2) is 24.5 Å². The average Bonchev–Trinajstić information content (AvgIpc) is 2.25. The van der Waals surface area contributed by atoms with E-state index in [-0.39, 0.29) is 23.9 Å². The SMILES string of the molecule is Cl.NC1(CNC(=O)Cc2cccnc2)CCC1. The van der Waals surface area contributed by atoms with Gasteiger partial charge in [-0.05, 0) is 30.9 Å².